The zero-order valence-corrected chi connectivity index (χ0v) is 11.9. The van der Waals surface area contributed by atoms with Gasteiger partial charge in [0.15, 0.2) is 0 Å². The zero-order valence-electron chi connectivity index (χ0n) is 11.1. The van der Waals surface area contributed by atoms with Gasteiger partial charge >= 0.3 is 5.97 Å². The number of carboxylic acid groups (broad SMARTS) is 1. The van der Waals surface area contributed by atoms with E-state index in [-0.39, 0.29) is 18.5 Å². The summed E-state index contributed by atoms with van der Waals surface area (Å²) in [6.07, 6.45) is 2.00. The van der Waals surface area contributed by atoms with Crippen molar-refractivity contribution in [3.8, 4) is 0 Å². The fourth-order valence-electron chi connectivity index (χ4n) is 2.26. The third-order valence-electron chi connectivity index (χ3n) is 3.22. The molecule has 1 rings (SSSR count). The molecule has 0 radical (unpaired) electrons. The van der Waals surface area contributed by atoms with Crippen LogP contribution in [0.25, 0.3) is 0 Å². The fraction of sp³-hybridized carbons (Fsp3) is 0.909. The maximum Gasteiger partial charge on any atom is 0.322 e. The summed E-state index contributed by atoms with van der Waals surface area (Å²) in [5.74, 6) is -0.779. The molecule has 1 saturated heterocycles. The molecule has 0 aromatic rings. The Kier molecular flexibility index (Phi) is 5.12. The molecule has 1 aliphatic heterocycles. The van der Waals surface area contributed by atoms with E-state index in [1.165, 1.54) is 0 Å². The minimum absolute atomic E-state index is 0.242. The standard InChI is InChI=1S/C11H22N2O4S/c1-4-9-5-6-13(10(7-9)11(14)15)18(16,17)12-8(2)3/h8-10,12H,4-7H2,1-3H3,(H,14,15). The highest BCUT2D eigenvalue weighted by Gasteiger charge is 2.39. The molecule has 6 nitrogen and oxygen atoms in total. The number of hydrogen-bond acceptors (Lipinski definition) is 3. The van der Waals surface area contributed by atoms with E-state index in [4.69, 9.17) is 0 Å². The van der Waals surface area contributed by atoms with Crippen LogP contribution in [0.4, 0.5) is 0 Å². The maximum atomic E-state index is 12.1. The van der Waals surface area contributed by atoms with Crippen molar-refractivity contribution in [2.45, 2.75) is 52.1 Å². The van der Waals surface area contributed by atoms with Crippen molar-refractivity contribution < 1.29 is 18.3 Å². The lowest BCUT2D eigenvalue weighted by atomic mass is 9.90. The predicted molar refractivity (Wildman–Crippen MR) is 68.3 cm³/mol. The predicted octanol–water partition coefficient (Wildman–Crippen LogP) is 0.804. The minimum atomic E-state index is -3.71. The Bertz CT molecular complexity index is 394. The molecular weight excluding hydrogens is 256 g/mol. The van der Waals surface area contributed by atoms with Gasteiger partial charge in [0.1, 0.15) is 6.04 Å². The molecule has 0 saturated carbocycles. The molecule has 106 valence electrons. The Morgan fingerprint density at radius 3 is 2.56 bits per heavy atom. The number of carboxylic acids is 1. The summed E-state index contributed by atoms with van der Waals surface area (Å²) < 4.78 is 27.6. The molecule has 2 N–H and O–H groups in total. The smallest absolute Gasteiger partial charge is 0.322 e. The summed E-state index contributed by atoms with van der Waals surface area (Å²) in [5.41, 5.74) is 0. The van der Waals surface area contributed by atoms with Crippen LogP contribution in [0.3, 0.4) is 0 Å². The summed E-state index contributed by atoms with van der Waals surface area (Å²) in [5, 5.41) is 9.19. The van der Waals surface area contributed by atoms with Gasteiger partial charge in [0.05, 0.1) is 0 Å². The number of rotatable bonds is 5. The van der Waals surface area contributed by atoms with Gasteiger partial charge in [0.2, 0.25) is 0 Å². The molecule has 2 unspecified atom stereocenters. The summed E-state index contributed by atoms with van der Waals surface area (Å²) in [6, 6.07) is -1.19. The second-order valence-corrected chi connectivity index (χ2v) is 6.70. The van der Waals surface area contributed by atoms with Crippen LogP contribution in [0.15, 0.2) is 0 Å². The summed E-state index contributed by atoms with van der Waals surface area (Å²) in [7, 11) is -3.71. The molecule has 0 spiro atoms. The molecule has 0 amide bonds. The van der Waals surface area contributed by atoms with Gasteiger partial charge in [-0.3, -0.25) is 4.79 Å². The van der Waals surface area contributed by atoms with E-state index in [0.717, 1.165) is 17.1 Å². The number of aliphatic carboxylic acids is 1. The molecule has 1 heterocycles. The largest absolute Gasteiger partial charge is 0.480 e. The van der Waals surface area contributed by atoms with Crippen LogP contribution >= 0.6 is 0 Å². The lowest BCUT2D eigenvalue weighted by Gasteiger charge is -2.36. The number of nitrogens with one attached hydrogen (secondary N) is 1. The van der Waals surface area contributed by atoms with Crippen LogP contribution in [0.1, 0.15) is 40.0 Å². The first-order chi connectivity index (χ1) is 8.27. The van der Waals surface area contributed by atoms with Crippen molar-refractivity contribution in [3.05, 3.63) is 0 Å². The highest BCUT2D eigenvalue weighted by molar-refractivity contribution is 7.87. The Balaban J connectivity index is 2.89. The minimum Gasteiger partial charge on any atom is -0.480 e. The van der Waals surface area contributed by atoms with Crippen molar-refractivity contribution >= 4 is 16.2 Å². The monoisotopic (exact) mass is 278 g/mol. The second-order valence-electron chi connectivity index (χ2n) is 5.04. The summed E-state index contributed by atoms with van der Waals surface area (Å²) in [6.45, 7) is 5.70. The number of hydrogen-bond donors (Lipinski definition) is 2. The van der Waals surface area contributed by atoms with Crippen molar-refractivity contribution in [1.82, 2.24) is 9.03 Å². The molecule has 0 bridgehead atoms. The lowest BCUT2D eigenvalue weighted by Crippen LogP contribution is -2.54. The van der Waals surface area contributed by atoms with Gasteiger partial charge < -0.3 is 5.11 Å². The first-order valence-corrected chi connectivity index (χ1v) is 7.73. The first-order valence-electron chi connectivity index (χ1n) is 6.29. The van der Waals surface area contributed by atoms with Crippen molar-refractivity contribution in [2.75, 3.05) is 6.54 Å². The zero-order chi connectivity index (χ0) is 13.9. The SMILES string of the molecule is CCC1CCN(S(=O)(=O)NC(C)C)C(C(=O)O)C1. The average Bonchev–Trinajstić information content (AvgIpc) is 2.26. The van der Waals surface area contributed by atoms with Crippen LogP contribution in [-0.2, 0) is 15.0 Å². The number of nitrogens with zero attached hydrogens (tertiary/aromatic N) is 1. The number of piperidine rings is 1. The van der Waals surface area contributed by atoms with Crippen LogP contribution in [-0.4, -0.2) is 42.4 Å². The summed E-state index contributed by atoms with van der Waals surface area (Å²) >= 11 is 0. The molecule has 0 aliphatic carbocycles. The van der Waals surface area contributed by atoms with Gasteiger partial charge in [-0.05, 0) is 32.6 Å². The molecule has 18 heavy (non-hydrogen) atoms. The molecule has 1 aliphatic rings. The van der Waals surface area contributed by atoms with Crippen LogP contribution in [0.2, 0.25) is 0 Å². The maximum absolute atomic E-state index is 12.1. The van der Waals surface area contributed by atoms with E-state index in [1.807, 2.05) is 6.92 Å². The number of carbonyl (C=O) groups is 1. The molecule has 2 atom stereocenters. The van der Waals surface area contributed by atoms with Crippen LogP contribution < -0.4 is 4.72 Å². The lowest BCUT2D eigenvalue weighted by molar-refractivity contribution is -0.143. The topological polar surface area (TPSA) is 86.7 Å². The van der Waals surface area contributed by atoms with Gasteiger partial charge in [-0.1, -0.05) is 13.3 Å². The third-order valence-corrected chi connectivity index (χ3v) is 5.04. The normalized spacial score (nSPS) is 26.4. The average molecular weight is 278 g/mol. The van der Waals surface area contributed by atoms with Crippen LogP contribution in [0.5, 0.6) is 0 Å². The molecule has 1 fully saturated rings. The van der Waals surface area contributed by atoms with E-state index in [9.17, 15) is 18.3 Å². The van der Waals surface area contributed by atoms with Gasteiger partial charge in [-0.15, -0.1) is 0 Å². The quantitative estimate of drug-likeness (QED) is 0.779. The van der Waals surface area contributed by atoms with Gasteiger partial charge in [-0.25, -0.2) is 0 Å². The Morgan fingerprint density at radius 2 is 2.11 bits per heavy atom. The van der Waals surface area contributed by atoms with Crippen molar-refractivity contribution in [3.63, 3.8) is 0 Å². The first kappa shape index (κ1) is 15.4. The van der Waals surface area contributed by atoms with E-state index < -0.39 is 22.2 Å². The Labute approximate surface area is 109 Å². The van der Waals surface area contributed by atoms with Gasteiger partial charge in [0, 0.05) is 12.6 Å². The molecular formula is C11H22N2O4S. The molecule has 7 heteroatoms. The van der Waals surface area contributed by atoms with E-state index in [0.29, 0.717) is 6.42 Å². The van der Waals surface area contributed by atoms with Crippen molar-refractivity contribution in [2.24, 2.45) is 5.92 Å². The van der Waals surface area contributed by atoms with E-state index in [1.54, 1.807) is 13.8 Å². The second kappa shape index (κ2) is 5.99. The fourth-order valence-corrected chi connectivity index (χ4v) is 3.85. The van der Waals surface area contributed by atoms with Gasteiger partial charge in [-0.2, -0.15) is 17.4 Å². The molecule has 0 aromatic carbocycles. The Morgan fingerprint density at radius 1 is 1.50 bits per heavy atom. The third kappa shape index (κ3) is 3.66. The highest BCUT2D eigenvalue weighted by Crippen LogP contribution is 2.27. The van der Waals surface area contributed by atoms with E-state index >= 15 is 0 Å². The van der Waals surface area contributed by atoms with Gasteiger partial charge in [0.25, 0.3) is 10.2 Å². The molecule has 0 aromatic heterocycles. The highest BCUT2D eigenvalue weighted by atomic mass is 32.2. The van der Waals surface area contributed by atoms with Crippen LogP contribution in [0, 0.1) is 5.92 Å². The van der Waals surface area contributed by atoms with Crippen molar-refractivity contribution in [1.29, 1.82) is 0 Å². The van der Waals surface area contributed by atoms with E-state index in [2.05, 4.69) is 4.72 Å². The Hall–Kier alpha value is -0.660. The summed E-state index contributed by atoms with van der Waals surface area (Å²) in [4.78, 5) is 11.2.